The van der Waals surface area contributed by atoms with Crippen LogP contribution in [-0.2, 0) is 0 Å². The fourth-order valence-electron chi connectivity index (χ4n) is 3.11. The summed E-state index contributed by atoms with van der Waals surface area (Å²) in [5, 5.41) is 9.26. The summed E-state index contributed by atoms with van der Waals surface area (Å²) in [5.74, 6) is 2.70. The molecule has 0 radical (unpaired) electrons. The van der Waals surface area contributed by atoms with Gasteiger partial charge in [-0.25, -0.2) is 9.97 Å². The number of fused-ring (bicyclic) bond motifs is 1. The molecule has 7 nitrogen and oxygen atoms in total. The summed E-state index contributed by atoms with van der Waals surface area (Å²) in [6.07, 6.45) is 1.63. The highest BCUT2D eigenvalue weighted by atomic mass is 32.1. The number of thiophene rings is 1. The lowest BCUT2D eigenvalue weighted by Crippen LogP contribution is -2.35. The zero-order valence-corrected chi connectivity index (χ0v) is 16.5. The molecule has 146 valence electrons. The monoisotopic (exact) mass is 406 g/mol. The average Bonchev–Trinajstić information content (AvgIpc) is 3.44. The largest absolute Gasteiger partial charge is 0.486 e. The summed E-state index contributed by atoms with van der Waals surface area (Å²) in [5.41, 5.74) is 2.43. The van der Waals surface area contributed by atoms with E-state index in [2.05, 4.69) is 15.5 Å². The van der Waals surface area contributed by atoms with Gasteiger partial charge in [-0.05, 0) is 30.5 Å². The number of hydrogen-bond acceptors (Lipinski definition) is 8. The first-order valence-corrected chi connectivity index (χ1v) is 10.1. The van der Waals surface area contributed by atoms with Gasteiger partial charge in [0.2, 0.25) is 5.95 Å². The molecule has 1 atom stereocenters. The van der Waals surface area contributed by atoms with Crippen LogP contribution in [0.15, 0.2) is 58.6 Å². The molecule has 0 amide bonds. The number of benzene rings is 1. The van der Waals surface area contributed by atoms with Gasteiger partial charge in [0.25, 0.3) is 0 Å². The summed E-state index contributed by atoms with van der Waals surface area (Å²) >= 11 is 1.61. The molecule has 1 N–H and O–H groups in total. The molecule has 1 aromatic carbocycles. The minimum atomic E-state index is -0.129. The Bertz CT molecular complexity index is 1130. The Morgan fingerprint density at radius 3 is 2.86 bits per heavy atom. The van der Waals surface area contributed by atoms with E-state index in [0.29, 0.717) is 24.9 Å². The molecule has 8 heteroatoms. The lowest BCUT2D eigenvalue weighted by Gasteiger charge is -2.26. The minimum absolute atomic E-state index is 0.129. The normalized spacial score (nSPS) is 15.3. The predicted octanol–water partition coefficient (Wildman–Crippen LogP) is 4.42. The van der Waals surface area contributed by atoms with Crippen LogP contribution < -0.4 is 14.8 Å². The topological polar surface area (TPSA) is 82.3 Å². The highest BCUT2D eigenvalue weighted by molar-refractivity contribution is 7.13. The van der Waals surface area contributed by atoms with E-state index in [-0.39, 0.29) is 6.10 Å². The fraction of sp³-hybridized carbons (Fsp3) is 0.190. The average molecular weight is 406 g/mol. The maximum atomic E-state index is 5.99. The summed E-state index contributed by atoms with van der Waals surface area (Å²) in [6.45, 7) is 2.88. The smallest absolute Gasteiger partial charge is 0.223 e. The molecule has 0 bridgehead atoms. The molecule has 1 aliphatic heterocycles. The van der Waals surface area contributed by atoms with E-state index in [1.54, 1.807) is 17.5 Å². The van der Waals surface area contributed by atoms with Crippen LogP contribution in [0.2, 0.25) is 0 Å². The SMILES string of the molecule is Cc1cc(-c2cnc(NC[C@@H]3COc4ccccc4O3)nc2-c2cccs2)on1. The maximum absolute atomic E-state index is 5.99. The number of nitrogens with one attached hydrogen (secondary N) is 1. The zero-order valence-electron chi connectivity index (χ0n) is 15.7. The molecule has 0 aliphatic carbocycles. The quantitative estimate of drug-likeness (QED) is 0.525. The van der Waals surface area contributed by atoms with E-state index >= 15 is 0 Å². The zero-order chi connectivity index (χ0) is 19.6. The molecule has 0 unspecified atom stereocenters. The molecule has 0 saturated carbocycles. The van der Waals surface area contributed by atoms with Crippen molar-refractivity contribution in [1.29, 1.82) is 0 Å². The number of rotatable bonds is 5. The number of para-hydroxylation sites is 2. The molecule has 29 heavy (non-hydrogen) atoms. The second-order valence-corrected chi connectivity index (χ2v) is 7.59. The third-order valence-electron chi connectivity index (χ3n) is 4.49. The first-order chi connectivity index (χ1) is 14.3. The van der Waals surface area contributed by atoms with Gasteiger partial charge in [-0.1, -0.05) is 23.4 Å². The molecule has 1 aliphatic rings. The molecular formula is C21H18N4O3S. The van der Waals surface area contributed by atoms with E-state index in [1.807, 2.05) is 54.8 Å². The third kappa shape index (κ3) is 3.66. The van der Waals surface area contributed by atoms with Crippen LogP contribution in [0, 0.1) is 6.92 Å². The van der Waals surface area contributed by atoms with E-state index < -0.39 is 0 Å². The number of hydrogen-bond donors (Lipinski definition) is 1. The van der Waals surface area contributed by atoms with E-state index in [9.17, 15) is 0 Å². The Balaban J connectivity index is 1.37. The Hall–Kier alpha value is -3.39. The van der Waals surface area contributed by atoms with Crippen molar-refractivity contribution < 1.29 is 14.0 Å². The van der Waals surface area contributed by atoms with Crippen LogP contribution in [0.25, 0.3) is 21.9 Å². The van der Waals surface area contributed by atoms with Crippen molar-refractivity contribution in [3.63, 3.8) is 0 Å². The van der Waals surface area contributed by atoms with Gasteiger partial charge in [0, 0.05) is 12.3 Å². The van der Waals surface area contributed by atoms with Crippen LogP contribution >= 0.6 is 11.3 Å². The van der Waals surface area contributed by atoms with E-state index in [1.165, 1.54) is 0 Å². The van der Waals surface area contributed by atoms with E-state index in [4.69, 9.17) is 19.0 Å². The molecule has 3 aromatic heterocycles. The van der Waals surface area contributed by atoms with Gasteiger partial charge in [-0.15, -0.1) is 11.3 Å². The highest BCUT2D eigenvalue weighted by Gasteiger charge is 2.21. The standard InChI is InChI=1S/C21H18N4O3S/c1-13-9-18(28-25-13)15-11-23-21(24-20(15)19-7-4-8-29-19)22-10-14-12-26-16-5-2-3-6-17(16)27-14/h2-9,11,14H,10,12H2,1H3,(H,22,23,24)/t14-/m1/s1. The Morgan fingerprint density at radius 2 is 2.07 bits per heavy atom. The van der Waals surface area contributed by atoms with Gasteiger partial charge in [0.05, 0.1) is 28.4 Å². The van der Waals surface area contributed by atoms with Crippen LogP contribution in [-0.4, -0.2) is 34.4 Å². The molecule has 0 fully saturated rings. The van der Waals surface area contributed by atoms with Crippen LogP contribution in [0.1, 0.15) is 5.69 Å². The Kier molecular flexibility index (Phi) is 4.61. The highest BCUT2D eigenvalue weighted by Crippen LogP contribution is 2.34. The number of aromatic nitrogens is 3. The lowest BCUT2D eigenvalue weighted by molar-refractivity contribution is 0.0996. The maximum Gasteiger partial charge on any atom is 0.223 e. The minimum Gasteiger partial charge on any atom is -0.486 e. The number of nitrogens with zero attached hydrogens (tertiary/aromatic N) is 3. The fourth-order valence-corrected chi connectivity index (χ4v) is 3.84. The first-order valence-electron chi connectivity index (χ1n) is 9.23. The molecular weight excluding hydrogens is 388 g/mol. The van der Waals surface area contributed by atoms with Crippen molar-refractivity contribution in [2.24, 2.45) is 0 Å². The van der Waals surface area contributed by atoms with E-state index in [0.717, 1.165) is 33.3 Å². The van der Waals surface area contributed by atoms with Crippen molar-refractivity contribution in [1.82, 2.24) is 15.1 Å². The van der Waals surface area contributed by atoms with Gasteiger partial charge < -0.3 is 19.3 Å². The van der Waals surface area contributed by atoms with Crippen LogP contribution in [0.5, 0.6) is 11.5 Å². The summed E-state index contributed by atoms with van der Waals surface area (Å²) < 4.78 is 17.2. The number of aryl methyl sites for hydroxylation is 1. The van der Waals surface area contributed by atoms with Gasteiger partial charge in [-0.3, -0.25) is 0 Å². The Morgan fingerprint density at radius 1 is 1.17 bits per heavy atom. The van der Waals surface area contributed by atoms with Crippen LogP contribution in [0.3, 0.4) is 0 Å². The van der Waals surface area contributed by atoms with Crippen molar-refractivity contribution in [3.05, 3.63) is 59.7 Å². The van der Waals surface area contributed by atoms with Crippen molar-refractivity contribution in [2.75, 3.05) is 18.5 Å². The number of ether oxygens (including phenoxy) is 2. The molecule has 0 saturated heterocycles. The summed E-state index contributed by atoms with van der Waals surface area (Å²) in [4.78, 5) is 10.2. The molecule has 5 rings (SSSR count). The number of anilines is 1. The molecule has 4 heterocycles. The summed E-state index contributed by atoms with van der Waals surface area (Å²) in [7, 11) is 0. The summed E-state index contributed by atoms with van der Waals surface area (Å²) in [6, 6.07) is 13.6. The second kappa shape index (κ2) is 7.56. The molecule has 0 spiro atoms. The third-order valence-corrected chi connectivity index (χ3v) is 5.37. The first kappa shape index (κ1) is 17.7. The van der Waals surface area contributed by atoms with Crippen molar-refractivity contribution in [3.8, 4) is 33.4 Å². The van der Waals surface area contributed by atoms with Crippen molar-refractivity contribution in [2.45, 2.75) is 13.0 Å². The van der Waals surface area contributed by atoms with Crippen molar-refractivity contribution >= 4 is 17.3 Å². The van der Waals surface area contributed by atoms with Gasteiger partial charge in [-0.2, -0.15) is 0 Å². The van der Waals surface area contributed by atoms with Gasteiger partial charge in [0.1, 0.15) is 12.7 Å². The van der Waals surface area contributed by atoms with Gasteiger partial charge in [0.15, 0.2) is 17.3 Å². The lowest BCUT2D eigenvalue weighted by atomic mass is 10.1. The van der Waals surface area contributed by atoms with Gasteiger partial charge >= 0.3 is 0 Å². The molecule has 4 aromatic rings. The predicted molar refractivity (Wildman–Crippen MR) is 110 cm³/mol. The Labute approximate surface area is 171 Å². The van der Waals surface area contributed by atoms with Crippen LogP contribution in [0.4, 0.5) is 5.95 Å². The second-order valence-electron chi connectivity index (χ2n) is 6.64.